The number of nitrogen functional groups attached to an aromatic ring is 1. The van der Waals surface area contributed by atoms with E-state index in [9.17, 15) is 29.2 Å². The Morgan fingerprint density at radius 1 is 1.22 bits per heavy atom. The zero-order chi connectivity index (χ0) is 29.8. The summed E-state index contributed by atoms with van der Waals surface area (Å²) in [5.74, 6) is -2.42. The van der Waals surface area contributed by atoms with Gasteiger partial charge in [0.05, 0.1) is 6.10 Å². The summed E-state index contributed by atoms with van der Waals surface area (Å²) in [4.78, 5) is 69.9. The van der Waals surface area contributed by atoms with E-state index in [2.05, 4.69) is 15.5 Å². The number of hydrogen-bond acceptors (Lipinski definition) is 15. The molecule has 18 heteroatoms. The lowest BCUT2D eigenvalue weighted by molar-refractivity contribution is -0.169. The maximum absolute atomic E-state index is 13.2. The number of hydrogen-bond donors (Lipinski definition) is 3. The Balaban J connectivity index is 1.49. The number of anilines is 1. The molecule has 3 amide bonds. The molecule has 1 aromatic rings. The number of nitrogens with zero attached hydrogens (tertiary/aromatic N) is 4. The van der Waals surface area contributed by atoms with Crippen molar-refractivity contribution in [1.29, 1.82) is 0 Å². The molecule has 0 radical (unpaired) electrons. The summed E-state index contributed by atoms with van der Waals surface area (Å²) in [6, 6.07) is -1.09. The van der Waals surface area contributed by atoms with Gasteiger partial charge in [-0.05, 0) is 20.3 Å². The van der Waals surface area contributed by atoms with Gasteiger partial charge in [0.25, 0.3) is 11.8 Å². The van der Waals surface area contributed by atoms with Gasteiger partial charge < -0.3 is 40.1 Å². The molecular formula is C23H28N6O10S2. The number of β-lactam (4-membered cyclic amide) rings is 1. The predicted octanol–water partition coefficient (Wildman–Crippen LogP) is 0.851. The number of nitrogens with two attached hydrogens (primary N) is 1. The Labute approximate surface area is 241 Å². The van der Waals surface area contributed by atoms with E-state index in [1.54, 1.807) is 13.8 Å². The second kappa shape index (κ2) is 12.6. The minimum absolute atomic E-state index is 0.0212. The summed E-state index contributed by atoms with van der Waals surface area (Å²) < 4.78 is 20.4. The van der Waals surface area contributed by atoms with Crippen LogP contribution in [0.15, 0.2) is 21.8 Å². The average Bonchev–Trinajstić information content (AvgIpc) is 3.29. The zero-order valence-electron chi connectivity index (χ0n) is 22.2. The van der Waals surface area contributed by atoms with Crippen molar-refractivity contribution < 1.29 is 48.1 Å². The van der Waals surface area contributed by atoms with Crippen molar-refractivity contribution in [2.45, 2.75) is 51.0 Å². The number of nitrogens with one attached hydrogen (secondary N) is 1. The Kier molecular flexibility index (Phi) is 9.21. The van der Waals surface area contributed by atoms with Crippen LogP contribution < -0.4 is 11.1 Å². The Hall–Kier alpha value is -4.06. The molecule has 16 nitrogen and oxygen atoms in total. The lowest BCUT2D eigenvalue weighted by atomic mass is 10.0. The molecule has 2 fully saturated rings. The molecule has 2 unspecified atom stereocenters. The van der Waals surface area contributed by atoms with Crippen LogP contribution in [0.3, 0.4) is 0 Å². The Morgan fingerprint density at radius 3 is 2.54 bits per heavy atom. The number of thioether (sulfide) groups is 1. The molecule has 3 atom stereocenters. The maximum Gasteiger partial charge on any atom is 0.511 e. The minimum atomic E-state index is -1.38. The van der Waals surface area contributed by atoms with Crippen LogP contribution in [0.1, 0.15) is 32.9 Å². The van der Waals surface area contributed by atoms with E-state index < -0.39 is 59.6 Å². The highest BCUT2D eigenvalue weighted by Gasteiger charge is 2.55. The normalized spacial score (nSPS) is 20.9. The smallest absolute Gasteiger partial charge is 0.445 e. The molecule has 4 rings (SSSR count). The van der Waals surface area contributed by atoms with Crippen molar-refractivity contribution in [3.8, 4) is 0 Å². The predicted molar refractivity (Wildman–Crippen MR) is 143 cm³/mol. The van der Waals surface area contributed by atoms with E-state index in [1.807, 2.05) is 0 Å². The van der Waals surface area contributed by atoms with Gasteiger partial charge in [-0.3, -0.25) is 14.5 Å². The van der Waals surface area contributed by atoms with E-state index in [-0.39, 0.29) is 34.5 Å². The monoisotopic (exact) mass is 612 g/mol. The number of likely N-dealkylation sites (tertiary alicyclic amines) is 1. The van der Waals surface area contributed by atoms with Crippen molar-refractivity contribution in [3.63, 3.8) is 0 Å². The summed E-state index contributed by atoms with van der Waals surface area (Å²) in [5.41, 5.74) is 5.25. The lowest BCUT2D eigenvalue weighted by Crippen LogP contribution is -2.71. The van der Waals surface area contributed by atoms with Gasteiger partial charge in [0.15, 0.2) is 10.8 Å². The quantitative estimate of drug-likeness (QED) is 0.0672. The Bertz CT molecular complexity index is 1290. The van der Waals surface area contributed by atoms with Crippen LogP contribution in [0.4, 0.5) is 14.7 Å². The van der Waals surface area contributed by atoms with Crippen molar-refractivity contribution in [2.24, 2.45) is 5.16 Å². The van der Waals surface area contributed by atoms with Gasteiger partial charge in [-0.1, -0.05) is 5.16 Å². The van der Waals surface area contributed by atoms with E-state index in [1.165, 1.54) is 29.0 Å². The standard InChI is InChI=1S/C23H28N6O10S2/c1-10(2)37-23(34)39-11(3)38-20(32)16-12(7-36-22(33)28-5-4-6-28)8-40-19-15(18(31)29(16)19)26-17(30)14(27-35)13-9-41-21(24)25-13/h9-11,15,19,35H,4-8H2,1-3H3,(H2,24,25)(H,26,30)/b27-14-/t11?,15?,19-/m1/s1. The molecule has 0 aromatic carbocycles. The largest absolute Gasteiger partial charge is 0.511 e. The van der Waals surface area contributed by atoms with Gasteiger partial charge in [0, 0.05) is 36.7 Å². The van der Waals surface area contributed by atoms with Crippen LogP contribution in [0.5, 0.6) is 0 Å². The molecule has 3 aliphatic rings. The van der Waals surface area contributed by atoms with E-state index in [0.29, 0.717) is 13.1 Å². The highest BCUT2D eigenvalue weighted by atomic mass is 32.2. The Morgan fingerprint density at radius 2 is 1.95 bits per heavy atom. The van der Waals surface area contributed by atoms with Gasteiger partial charge in [0.2, 0.25) is 6.29 Å². The molecule has 2 saturated heterocycles. The second-order valence-electron chi connectivity index (χ2n) is 9.24. The van der Waals surface area contributed by atoms with Gasteiger partial charge in [-0.15, -0.1) is 23.1 Å². The van der Waals surface area contributed by atoms with Gasteiger partial charge in [-0.2, -0.15) is 0 Å². The third kappa shape index (κ3) is 6.64. The first-order valence-electron chi connectivity index (χ1n) is 12.4. The summed E-state index contributed by atoms with van der Waals surface area (Å²) in [5, 5.41) is 15.7. The number of carbonyl (C=O) groups excluding carboxylic acids is 5. The summed E-state index contributed by atoms with van der Waals surface area (Å²) >= 11 is 2.24. The van der Waals surface area contributed by atoms with E-state index in [4.69, 9.17) is 24.7 Å². The van der Waals surface area contributed by atoms with Crippen LogP contribution in [-0.4, -0.2) is 105 Å². The number of thiazole rings is 1. The van der Waals surface area contributed by atoms with Crippen LogP contribution >= 0.6 is 23.1 Å². The number of amides is 3. The topological polar surface area (TPSA) is 212 Å². The minimum Gasteiger partial charge on any atom is -0.445 e. The molecule has 4 heterocycles. The van der Waals surface area contributed by atoms with Gasteiger partial charge >= 0.3 is 18.2 Å². The SMILES string of the molecule is CC(C)OC(=O)OC(C)OC(=O)C1=C(COC(=O)N2CCC2)CS[C@@H]2C(NC(=O)/C(=N\O)c3csc(N)n3)C(=O)N12. The molecule has 222 valence electrons. The van der Waals surface area contributed by atoms with Crippen LogP contribution in [0.25, 0.3) is 0 Å². The fourth-order valence-electron chi connectivity index (χ4n) is 3.93. The molecule has 0 saturated carbocycles. The summed E-state index contributed by atoms with van der Waals surface area (Å²) in [7, 11) is 0. The molecule has 4 N–H and O–H groups in total. The van der Waals surface area contributed by atoms with Crippen molar-refractivity contribution in [3.05, 3.63) is 22.3 Å². The highest BCUT2D eigenvalue weighted by Crippen LogP contribution is 2.41. The van der Waals surface area contributed by atoms with Crippen LogP contribution in [-0.2, 0) is 33.3 Å². The first-order valence-corrected chi connectivity index (χ1v) is 14.3. The van der Waals surface area contributed by atoms with Gasteiger partial charge in [-0.25, -0.2) is 19.4 Å². The van der Waals surface area contributed by atoms with Crippen molar-refractivity contribution in [2.75, 3.05) is 31.2 Å². The number of aromatic nitrogens is 1. The number of fused-ring (bicyclic) bond motifs is 1. The number of oxime groups is 1. The third-order valence-electron chi connectivity index (χ3n) is 5.96. The molecule has 0 aliphatic carbocycles. The number of rotatable bonds is 9. The van der Waals surface area contributed by atoms with Crippen LogP contribution in [0.2, 0.25) is 0 Å². The first-order chi connectivity index (χ1) is 19.5. The number of carbonyl (C=O) groups is 5. The average molecular weight is 613 g/mol. The van der Waals surface area contributed by atoms with Crippen LogP contribution in [0, 0.1) is 0 Å². The first kappa shape index (κ1) is 29.9. The third-order valence-corrected chi connectivity index (χ3v) is 7.97. The molecule has 3 aliphatic heterocycles. The molecule has 41 heavy (non-hydrogen) atoms. The van der Waals surface area contributed by atoms with E-state index in [0.717, 1.165) is 22.7 Å². The van der Waals surface area contributed by atoms with Gasteiger partial charge in [0.1, 0.15) is 29.4 Å². The lowest BCUT2D eigenvalue weighted by Gasteiger charge is -2.49. The second-order valence-corrected chi connectivity index (χ2v) is 11.2. The summed E-state index contributed by atoms with van der Waals surface area (Å²) in [6.45, 7) is 5.34. The molecule has 0 bridgehead atoms. The van der Waals surface area contributed by atoms with Crippen molar-refractivity contribution >= 4 is 64.0 Å². The maximum atomic E-state index is 13.2. The summed E-state index contributed by atoms with van der Waals surface area (Å²) in [6.07, 6.45) is -2.60. The molecule has 1 aromatic heterocycles. The number of ether oxygens (including phenoxy) is 4. The molecular weight excluding hydrogens is 584 g/mol. The number of esters is 1. The highest BCUT2D eigenvalue weighted by molar-refractivity contribution is 8.00. The fraction of sp³-hybridized carbons (Fsp3) is 0.522. The fourth-order valence-corrected chi connectivity index (χ4v) is 5.80. The molecule has 0 spiro atoms. The van der Waals surface area contributed by atoms with Crippen molar-refractivity contribution in [1.82, 2.24) is 20.1 Å². The zero-order valence-corrected chi connectivity index (χ0v) is 23.9. The van der Waals surface area contributed by atoms with E-state index >= 15 is 0 Å².